The molecule has 0 aliphatic carbocycles. The van der Waals surface area contributed by atoms with Crippen molar-refractivity contribution >= 4 is 17.6 Å². The number of methoxy groups -OCH3 is 2. The van der Waals surface area contributed by atoms with Crippen LogP contribution >= 0.6 is 0 Å². The minimum Gasteiger partial charge on any atom is -0.497 e. The quantitative estimate of drug-likeness (QED) is 0.774. The van der Waals surface area contributed by atoms with E-state index in [4.69, 9.17) is 14.6 Å². The summed E-state index contributed by atoms with van der Waals surface area (Å²) in [6.07, 6.45) is 4.05. The van der Waals surface area contributed by atoms with Crippen molar-refractivity contribution < 1.29 is 24.2 Å². The van der Waals surface area contributed by atoms with Crippen molar-refractivity contribution in [3.8, 4) is 11.5 Å². The van der Waals surface area contributed by atoms with Gasteiger partial charge in [-0.15, -0.1) is 0 Å². The molecule has 9 nitrogen and oxygen atoms in total. The van der Waals surface area contributed by atoms with E-state index < -0.39 is 5.97 Å². The second kappa shape index (κ2) is 8.55. The average Bonchev–Trinajstić information content (AvgIpc) is 2.73. The van der Waals surface area contributed by atoms with Crippen molar-refractivity contribution in [2.75, 3.05) is 32.6 Å². The highest BCUT2D eigenvalue weighted by atomic mass is 16.5. The van der Waals surface area contributed by atoms with Crippen molar-refractivity contribution in [1.82, 2.24) is 14.9 Å². The van der Waals surface area contributed by atoms with Crippen LogP contribution in [0, 0.1) is 0 Å². The Kier molecular flexibility index (Phi) is 5.93. The van der Waals surface area contributed by atoms with Crippen molar-refractivity contribution in [1.29, 1.82) is 0 Å². The van der Waals surface area contributed by atoms with Crippen LogP contribution in [0.2, 0.25) is 0 Å². The molecule has 148 valence electrons. The molecule has 1 fully saturated rings. The number of nitrogens with zero attached hydrogens (tertiary/aromatic N) is 3. The number of aromatic nitrogens is 2. The molecule has 0 saturated carbocycles. The second-order valence-electron chi connectivity index (χ2n) is 6.43. The van der Waals surface area contributed by atoms with Crippen LogP contribution < -0.4 is 14.8 Å². The molecule has 0 bridgehead atoms. The summed E-state index contributed by atoms with van der Waals surface area (Å²) in [6, 6.07) is 5.60. The van der Waals surface area contributed by atoms with Gasteiger partial charge in [-0.05, 0) is 12.8 Å². The SMILES string of the molecule is COc1cc(NC2CCCN(C(=O)c3cnc(C(=O)O)cn3)C2)cc(OC)c1. The summed E-state index contributed by atoms with van der Waals surface area (Å²) in [7, 11) is 3.19. The van der Waals surface area contributed by atoms with Crippen LogP contribution in [-0.4, -0.2) is 65.2 Å². The summed E-state index contributed by atoms with van der Waals surface area (Å²) < 4.78 is 10.6. The van der Waals surface area contributed by atoms with Crippen molar-refractivity contribution in [3.63, 3.8) is 0 Å². The first kappa shape index (κ1) is 19.4. The number of carbonyl (C=O) groups is 2. The van der Waals surface area contributed by atoms with Gasteiger partial charge >= 0.3 is 5.97 Å². The lowest BCUT2D eigenvalue weighted by Gasteiger charge is -2.33. The number of nitrogens with one attached hydrogen (secondary N) is 1. The number of rotatable bonds is 6. The Morgan fingerprint density at radius 3 is 2.32 bits per heavy atom. The average molecular weight is 386 g/mol. The number of hydrogen-bond acceptors (Lipinski definition) is 7. The molecule has 1 unspecified atom stereocenters. The van der Waals surface area contributed by atoms with Gasteiger partial charge in [-0.1, -0.05) is 0 Å². The van der Waals surface area contributed by atoms with Gasteiger partial charge in [0.25, 0.3) is 5.91 Å². The molecule has 2 N–H and O–H groups in total. The third-order valence-electron chi connectivity index (χ3n) is 4.52. The number of carboxylic acids is 1. The van der Waals surface area contributed by atoms with Crippen molar-refractivity contribution in [3.05, 3.63) is 42.0 Å². The molecule has 3 rings (SSSR count). The topological polar surface area (TPSA) is 114 Å². The molecule has 28 heavy (non-hydrogen) atoms. The van der Waals surface area contributed by atoms with Crippen LogP contribution in [0.25, 0.3) is 0 Å². The number of hydrogen-bond donors (Lipinski definition) is 2. The Hall–Kier alpha value is -3.36. The third-order valence-corrected chi connectivity index (χ3v) is 4.52. The monoisotopic (exact) mass is 386 g/mol. The van der Waals surface area contributed by atoms with E-state index in [9.17, 15) is 9.59 Å². The third kappa shape index (κ3) is 4.48. The molecular weight excluding hydrogens is 364 g/mol. The predicted octanol–water partition coefficient (Wildman–Crippen LogP) is 1.91. The van der Waals surface area contributed by atoms with E-state index >= 15 is 0 Å². The summed E-state index contributed by atoms with van der Waals surface area (Å²) in [5, 5.41) is 12.3. The lowest BCUT2D eigenvalue weighted by molar-refractivity contribution is 0.0680. The highest BCUT2D eigenvalue weighted by Crippen LogP contribution is 2.27. The molecule has 0 radical (unpaired) electrons. The molecule has 1 aliphatic rings. The van der Waals surface area contributed by atoms with Gasteiger partial charge < -0.3 is 24.8 Å². The number of amides is 1. The fraction of sp³-hybridized carbons (Fsp3) is 0.368. The van der Waals surface area contributed by atoms with Gasteiger partial charge in [0.2, 0.25) is 0 Å². The van der Waals surface area contributed by atoms with E-state index in [1.54, 1.807) is 25.2 Å². The van der Waals surface area contributed by atoms with Gasteiger partial charge in [-0.25, -0.2) is 14.8 Å². The maximum Gasteiger partial charge on any atom is 0.356 e. The number of likely N-dealkylation sites (tertiary alicyclic amines) is 1. The molecule has 2 heterocycles. The lowest BCUT2D eigenvalue weighted by atomic mass is 10.0. The number of aromatic carboxylic acids is 1. The zero-order valence-corrected chi connectivity index (χ0v) is 15.7. The molecule has 1 aromatic heterocycles. The number of ether oxygens (including phenoxy) is 2. The van der Waals surface area contributed by atoms with E-state index in [0.717, 1.165) is 24.7 Å². The smallest absolute Gasteiger partial charge is 0.356 e. The van der Waals surface area contributed by atoms with Gasteiger partial charge in [-0.2, -0.15) is 0 Å². The Morgan fingerprint density at radius 1 is 1.11 bits per heavy atom. The normalized spacial score (nSPS) is 16.4. The Balaban J connectivity index is 1.68. The summed E-state index contributed by atoms with van der Waals surface area (Å²) in [6.45, 7) is 1.11. The molecule has 1 amide bonds. The molecule has 2 aromatic rings. The fourth-order valence-electron chi connectivity index (χ4n) is 3.12. The fourth-order valence-corrected chi connectivity index (χ4v) is 3.12. The number of carboxylic acid groups (broad SMARTS) is 1. The van der Waals surface area contributed by atoms with Crippen LogP contribution in [0.15, 0.2) is 30.6 Å². The molecule has 1 saturated heterocycles. The summed E-state index contributed by atoms with van der Waals surface area (Å²) in [5.74, 6) is -0.0830. The van der Waals surface area contributed by atoms with E-state index in [-0.39, 0.29) is 23.3 Å². The lowest BCUT2D eigenvalue weighted by Crippen LogP contribution is -2.45. The highest BCUT2D eigenvalue weighted by Gasteiger charge is 2.26. The standard InChI is InChI=1S/C19H22N4O5/c1-27-14-6-13(7-15(8-14)28-2)22-12-4-3-5-23(11-12)18(24)16-9-21-17(10-20-16)19(25)26/h6-10,12,22H,3-5,11H2,1-2H3,(H,25,26). The zero-order chi connectivity index (χ0) is 20.1. The predicted molar refractivity (Wildman–Crippen MR) is 101 cm³/mol. The maximum absolute atomic E-state index is 12.7. The first-order valence-corrected chi connectivity index (χ1v) is 8.84. The van der Waals surface area contributed by atoms with Gasteiger partial charge in [-0.3, -0.25) is 4.79 Å². The Labute approximate surface area is 162 Å². The summed E-state index contributed by atoms with van der Waals surface area (Å²) in [4.78, 5) is 33.0. The molecule has 1 atom stereocenters. The van der Waals surface area contributed by atoms with Gasteiger partial charge in [0.15, 0.2) is 5.69 Å². The molecule has 1 aromatic carbocycles. The molecular formula is C19H22N4O5. The van der Waals surface area contributed by atoms with Gasteiger partial charge in [0.1, 0.15) is 17.2 Å². The first-order chi connectivity index (χ1) is 13.5. The van der Waals surface area contributed by atoms with E-state index in [1.807, 2.05) is 12.1 Å². The van der Waals surface area contributed by atoms with Gasteiger partial charge in [0, 0.05) is 43.0 Å². The Bertz CT molecular complexity index is 834. The van der Waals surface area contributed by atoms with E-state index in [2.05, 4.69) is 15.3 Å². The van der Waals surface area contributed by atoms with Crippen LogP contribution in [0.3, 0.4) is 0 Å². The van der Waals surface area contributed by atoms with Gasteiger partial charge in [0.05, 0.1) is 26.6 Å². The van der Waals surface area contributed by atoms with E-state index in [1.165, 1.54) is 6.20 Å². The molecule has 1 aliphatic heterocycles. The van der Waals surface area contributed by atoms with Crippen LogP contribution in [0.4, 0.5) is 5.69 Å². The minimum absolute atomic E-state index is 0.0563. The number of piperidine rings is 1. The number of carbonyl (C=O) groups excluding carboxylic acids is 1. The summed E-state index contributed by atoms with van der Waals surface area (Å²) >= 11 is 0. The second-order valence-corrected chi connectivity index (χ2v) is 6.43. The maximum atomic E-state index is 12.7. The Morgan fingerprint density at radius 2 is 1.75 bits per heavy atom. The van der Waals surface area contributed by atoms with Crippen LogP contribution in [0.1, 0.15) is 33.8 Å². The van der Waals surface area contributed by atoms with Crippen molar-refractivity contribution in [2.24, 2.45) is 0 Å². The van der Waals surface area contributed by atoms with Crippen molar-refractivity contribution in [2.45, 2.75) is 18.9 Å². The molecule has 0 spiro atoms. The van der Waals surface area contributed by atoms with Crippen LogP contribution in [-0.2, 0) is 0 Å². The van der Waals surface area contributed by atoms with E-state index in [0.29, 0.717) is 24.6 Å². The molecule has 9 heteroatoms. The largest absolute Gasteiger partial charge is 0.497 e. The zero-order valence-electron chi connectivity index (χ0n) is 15.7. The van der Waals surface area contributed by atoms with Crippen LogP contribution in [0.5, 0.6) is 11.5 Å². The summed E-state index contributed by atoms with van der Waals surface area (Å²) in [5.41, 5.74) is 0.788. The number of benzene rings is 1. The first-order valence-electron chi connectivity index (χ1n) is 8.84. The number of anilines is 1. The minimum atomic E-state index is -1.18. The highest BCUT2D eigenvalue weighted by molar-refractivity contribution is 5.93.